The Morgan fingerprint density at radius 2 is 2.10 bits per heavy atom. The minimum Gasteiger partial charge on any atom is -0.464 e. The number of carbonyl (C=O) groups is 2. The molecular formula is C15H17N3O3. The van der Waals surface area contributed by atoms with Gasteiger partial charge in [0.1, 0.15) is 11.7 Å². The molecule has 1 amide bonds. The largest absolute Gasteiger partial charge is 0.464 e. The topological polar surface area (TPSA) is 94.3 Å². The summed E-state index contributed by atoms with van der Waals surface area (Å²) >= 11 is 0. The Morgan fingerprint density at radius 3 is 2.81 bits per heavy atom. The van der Waals surface area contributed by atoms with E-state index in [-0.39, 0.29) is 12.3 Å². The number of rotatable bonds is 4. The number of amides is 1. The average Bonchev–Trinajstić information content (AvgIpc) is 2.47. The minimum atomic E-state index is -0.744. The van der Waals surface area contributed by atoms with Gasteiger partial charge in [0.15, 0.2) is 0 Å². The Labute approximate surface area is 122 Å². The number of pyridine rings is 1. The molecule has 0 saturated heterocycles. The molecule has 2 rings (SSSR count). The van der Waals surface area contributed by atoms with Gasteiger partial charge in [-0.05, 0) is 26.0 Å². The maximum Gasteiger partial charge on any atom is 0.328 e. The fourth-order valence-corrected chi connectivity index (χ4v) is 1.92. The van der Waals surface area contributed by atoms with Crippen LogP contribution >= 0.6 is 0 Å². The number of esters is 1. The van der Waals surface area contributed by atoms with Gasteiger partial charge in [-0.2, -0.15) is 0 Å². The Balaban J connectivity index is 2.22. The Morgan fingerprint density at radius 1 is 1.38 bits per heavy atom. The second kappa shape index (κ2) is 6.21. The van der Waals surface area contributed by atoms with Gasteiger partial charge in [-0.25, -0.2) is 9.78 Å². The molecule has 1 aromatic carbocycles. The molecule has 0 spiro atoms. The van der Waals surface area contributed by atoms with Gasteiger partial charge in [0, 0.05) is 11.1 Å². The van der Waals surface area contributed by atoms with Crippen molar-refractivity contribution in [3.8, 4) is 0 Å². The highest BCUT2D eigenvalue weighted by Gasteiger charge is 2.19. The van der Waals surface area contributed by atoms with Crippen LogP contribution in [0.1, 0.15) is 24.3 Å². The SMILES string of the molecule is CCOC(=O)C(C)NC(=O)c1cc(N)c2ccccc2n1. The molecule has 0 saturated carbocycles. The van der Waals surface area contributed by atoms with Crippen LogP contribution < -0.4 is 11.1 Å². The number of hydrogen-bond donors (Lipinski definition) is 2. The third-order valence-corrected chi connectivity index (χ3v) is 2.97. The first kappa shape index (κ1) is 14.8. The molecule has 0 aliphatic heterocycles. The van der Waals surface area contributed by atoms with Crippen molar-refractivity contribution in [1.29, 1.82) is 0 Å². The quantitative estimate of drug-likeness (QED) is 0.831. The lowest BCUT2D eigenvalue weighted by Gasteiger charge is -2.13. The summed E-state index contributed by atoms with van der Waals surface area (Å²) in [4.78, 5) is 27.9. The predicted molar refractivity (Wildman–Crippen MR) is 79.7 cm³/mol. The van der Waals surface area contributed by atoms with Gasteiger partial charge < -0.3 is 15.8 Å². The first-order chi connectivity index (χ1) is 10.0. The van der Waals surface area contributed by atoms with Gasteiger partial charge in [0.25, 0.3) is 5.91 Å². The van der Waals surface area contributed by atoms with Gasteiger partial charge >= 0.3 is 5.97 Å². The molecule has 1 atom stereocenters. The summed E-state index contributed by atoms with van der Waals surface area (Å²) in [6.45, 7) is 3.53. The maximum absolute atomic E-state index is 12.1. The fraction of sp³-hybridized carbons (Fsp3) is 0.267. The molecule has 0 aliphatic rings. The normalized spacial score (nSPS) is 11.9. The summed E-state index contributed by atoms with van der Waals surface area (Å²) in [6, 6.07) is 8.03. The molecule has 3 N–H and O–H groups in total. The van der Waals surface area contributed by atoms with Crippen LogP contribution in [0.2, 0.25) is 0 Å². The zero-order chi connectivity index (χ0) is 15.4. The molecule has 1 aromatic heterocycles. The number of benzene rings is 1. The van der Waals surface area contributed by atoms with Crippen LogP contribution in [0.4, 0.5) is 5.69 Å². The lowest BCUT2D eigenvalue weighted by atomic mass is 10.1. The van der Waals surface area contributed by atoms with Crippen molar-refractivity contribution < 1.29 is 14.3 Å². The molecule has 2 aromatic rings. The van der Waals surface area contributed by atoms with Crippen molar-refractivity contribution >= 4 is 28.5 Å². The molecular weight excluding hydrogens is 270 g/mol. The number of nitrogens with one attached hydrogen (secondary N) is 1. The Hall–Kier alpha value is -2.63. The molecule has 1 unspecified atom stereocenters. The van der Waals surface area contributed by atoms with E-state index in [1.807, 2.05) is 18.2 Å². The third-order valence-electron chi connectivity index (χ3n) is 2.97. The summed E-state index contributed by atoms with van der Waals surface area (Å²) in [6.07, 6.45) is 0. The molecule has 6 heteroatoms. The summed E-state index contributed by atoms with van der Waals surface area (Å²) < 4.78 is 4.84. The van der Waals surface area contributed by atoms with Crippen LogP contribution in [0.3, 0.4) is 0 Å². The lowest BCUT2D eigenvalue weighted by Crippen LogP contribution is -2.39. The maximum atomic E-state index is 12.1. The third kappa shape index (κ3) is 3.28. The summed E-state index contributed by atoms with van der Waals surface area (Å²) in [5, 5.41) is 3.33. The van der Waals surface area contributed by atoms with E-state index in [2.05, 4.69) is 10.3 Å². The number of aromatic nitrogens is 1. The van der Waals surface area contributed by atoms with Crippen molar-refractivity contribution in [1.82, 2.24) is 10.3 Å². The number of fused-ring (bicyclic) bond motifs is 1. The highest BCUT2D eigenvalue weighted by Crippen LogP contribution is 2.20. The molecule has 0 aliphatic carbocycles. The van der Waals surface area contributed by atoms with Gasteiger partial charge in [0.2, 0.25) is 0 Å². The number of ether oxygens (including phenoxy) is 1. The number of para-hydroxylation sites is 1. The second-order valence-electron chi connectivity index (χ2n) is 4.56. The van der Waals surface area contributed by atoms with Crippen molar-refractivity contribution in [3.63, 3.8) is 0 Å². The van der Waals surface area contributed by atoms with Crippen LogP contribution in [0.25, 0.3) is 10.9 Å². The number of nitrogens with two attached hydrogens (primary N) is 1. The zero-order valence-corrected chi connectivity index (χ0v) is 11.9. The standard InChI is InChI=1S/C15H17N3O3/c1-3-21-15(20)9(2)17-14(19)13-8-11(16)10-6-4-5-7-12(10)18-13/h4-9H,3H2,1-2H3,(H2,16,18)(H,17,19). The number of anilines is 1. The number of nitrogen functional groups attached to an aromatic ring is 1. The van der Waals surface area contributed by atoms with E-state index in [1.54, 1.807) is 19.9 Å². The highest BCUT2D eigenvalue weighted by molar-refractivity contribution is 6.00. The van der Waals surface area contributed by atoms with E-state index in [9.17, 15) is 9.59 Å². The first-order valence-electron chi connectivity index (χ1n) is 6.65. The first-order valence-corrected chi connectivity index (χ1v) is 6.65. The van der Waals surface area contributed by atoms with Crippen molar-refractivity contribution in [2.45, 2.75) is 19.9 Å². The Bertz CT molecular complexity index is 685. The molecule has 0 bridgehead atoms. The van der Waals surface area contributed by atoms with E-state index in [0.29, 0.717) is 11.2 Å². The second-order valence-corrected chi connectivity index (χ2v) is 4.56. The number of nitrogens with zero attached hydrogens (tertiary/aromatic N) is 1. The minimum absolute atomic E-state index is 0.169. The van der Waals surface area contributed by atoms with Crippen LogP contribution in [-0.4, -0.2) is 29.5 Å². The summed E-state index contributed by atoms with van der Waals surface area (Å²) in [5.74, 6) is -0.951. The van der Waals surface area contributed by atoms with E-state index >= 15 is 0 Å². The van der Waals surface area contributed by atoms with Gasteiger partial charge in [-0.15, -0.1) is 0 Å². The smallest absolute Gasteiger partial charge is 0.328 e. The predicted octanol–water partition coefficient (Wildman–Crippen LogP) is 1.50. The van der Waals surface area contributed by atoms with Crippen molar-refractivity contribution in [2.75, 3.05) is 12.3 Å². The molecule has 110 valence electrons. The molecule has 0 radical (unpaired) electrons. The zero-order valence-electron chi connectivity index (χ0n) is 11.9. The van der Waals surface area contributed by atoms with Crippen LogP contribution in [0, 0.1) is 0 Å². The van der Waals surface area contributed by atoms with Crippen LogP contribution in [0.5, 0.6) is 0 Å². The number of hydrogen-bond acceptors (Lipinski definition) is 5. The monoisotopic (exact) mass is 287 g/mol. The van der Waals surface area contributed by atoms with Crippen molar-refractivity contribution in [2.24, 2.45) is 0 Å². The summed E-state index contributed by atoms with van der Waals surface area (Å²) in [7, 11) is 0. The van der Waals surface area contributed by atoms with Gasteiger partial charge in [-0.1, -0.05) is 18.2 Å². The lowest BCUT2D eigenvalue weighted by molar-refractivity contribution is -0.144. The molecule has 6 nitrogen and oxygen atoms in total. The molecule has 1 heterocycles. The molecule has 0 fully saturated rings. The fourth-order valence-electron chi connectivity index (χ4n) is 1.92. The highest BCUT2D eigenvalue weighted by atomic mass is 16.5. The van der Waals surface area contributed by atoms with Crippen LogP contribution in [-0.2, 0) is 9.53 Å². The average molecular weight is 287 g/mol. The van der Waals surface area contributed by atoms with Crippen LogP contribution in [0.15, 0.2) is 30.3 Å². The van der Waals surface area contributed by atoms with E-state index in [0.717, 1.165) is 5.39 Å². The van der Waals surface area contributed by atoms with E-state index < -0.39 is 17.9 Å². The molecule has 21 heavy (non-hydrogen) atoms. The Kier molecular flexibility index (Phi) is 4.37. The van der Waals surface area contributed by atoms with E-state index in [1.165, 1.54) is 6.07 Å². The number of carbonyl (C=O) groups excluding carboxylic acids is 2. The van der Waals surface area contributed by atoms with Gasteiger partial charge in [0.05, 0.1) is 12.1 Å². The summed E-state index contributed by atoms with van der Waals surface area (Å²) in [5.41, 5.74) is 7.19. The van der Waals surface area contributed by atoms with Crippen molar-refractivity contribution in [3.05, 3.63) is 36.0 Å². The van der Waals surface area contributed by atoms with E-state index in [4.69, 9.17) is 10.5 Å². The van der Waals surface area contributed by atoms with Gasteiger partial charge in [-0.3, -0.25) is 4.79 Å².